The zero-order valence-corrected chi connectivity index (χ0v) is 17.4. The largest absolute Gasteiger partial charge is 0.495 e. The molecule has 2 aromatic heterocycles. The van der Waals surface area contributed by atoms with Gasteiger partial charge in [-0.05, 0) is 24.6 Å². The molecule has 9 nitrogen and oxygen atoms in total. The van der Waals surface area contributed by atoms with Crippen molar-refractivity contribution < 1.29 is 14.2 Å². The van der Waals surface area contributed by atoms with Crippen molar-refractivity contribution in [3.05, 3.63) is 47.8 Å². The van der Waals surface area contributed by atoms with Gasteiger partial charge in [-0.1, -0.05) is 6.07 Å². The minimum atomic E-state index is 0.284. The lowest BCUT2D eigenvalue weighted by Gasteiger charge is -2.17. The van der Waals surface area contributed by atoms with Crippen molar-refractivity contribution in [2.75, 3.05) is 46.4 Å². The lowest BCUT2D eigenvalue weighted by Crippen LogP contribution is -2.25. The van der Waals surface area contributed by atoms with Crippen molar-refractivity contribution in [2.24, 2.45) is 0 Å². The molecular formula is C20H26N6O3. The van der Waals surface area contributed by atoms with E-state index in [0.717, 1.165) is 22.7 Å². The van der Waals surface area contributed by atoms with Crippen LogP contribution in [-0.4, -0.2) is 66.0 Å². The summed E-state index contributed by atoms with van der Waals surface area (Å²) in [5.41, 5.74) is 2.88. The number of aromatic nitrogens is 5. The van der Waals surface area contributed by atoms with Gasteiger partial charge in [0.2, 0.25) is 5.95 Å². The van der Waals surface area contributed by atoms with Gasteiger partial charge in [0.25, 0.3) is 0 Å². The summed E-state index contributed by atoms with van der Waals surface area (Å²) in [6, 6.07) is 6.29. The van der Waals surface area contributed by atoms with Crippen LogP contribution in [0.15, 0.2) is 30.7 Å². The van der Waals surface area contributed by atoms with Gasteiger partial charge in [-0.15, -0.1) is 0 Å². The summed E-state index contributed by atoms with van der Waals surface area (Å²) in [5.74, 6) is 1.91. The molecule has 0 aliphatic heterocycles. The third-order valence-electron chi connectivity index (χ3n) is 4.40. The molecule has 0 saturated carbocycles. The van der Waals surface area contributed by atoms with E-state index in [1.807, 2.05) is 47.8 Å². The topological polar surface area (TPSA) is 87.4 Å². The highest BCUT2D eigenvalue weighted by molar-refractivity contribution is 5.49. The number of benzene rings is 1. The van der Waals surface area contributed by atoms with E-state index in [1.54, 1.807) is 27.7 Å². The summed E-state index contributed by atoms with van der Waals surface area (Å²) < 4.78 is 17.9. The molecule has 3 rings (SSSR count). The Bertz CT molecular complexity index is 959. The van der Waals surface area contributed by atoms with E-state index in [1.165, 1.54) is 0 Å². The number of aryl methyl sites for hydroxylation is 1. The molecule has 0 radical (unpaired) electrons. The second-order valence-corrected chi connectivity index (χ2v) is 6.56. The van der Waals surface area contributed by atoms with Gasteiger partial charge in [0, 0.05) is 33.3 Å². The summed E-state index contributed by atoms with van der Waals surface area (Å²) >= 11 is 0. The van der Waals surface area contributed by atoms with Crippen molar-refractivity contribution in [3.63, 3.8) is 0 Å². The number of nitrogens with zero attached hydrogens (tertiary/aromatic N) is 6. The normalized spacial score (nSPS) is 10.8. The number of hydrogen-bond donors (Lipinski definition) is 0. The summed E-state index contributed by atoms with van der Waals surface area (Å²) in [6.07, 6.45) is 4.24. The van der Waals surface area contributed by atoms with Gasteiger partial charge in [0.1, 0.15) is 11.6 Å². The Hall–Kier alpha value is -3.20. The molecule has 0 spiro atoms. The molecule has 0 saturated heterocycles. The van der Waals surface area contributed by atoms with E-state index < -0.39 is 0 Å². The first-order valence-electron chi connectivity index (χ1n) is 9.21. The van der Waals surface area contributed by atoms with Crippen molar-refractivity contribution in [1.29, 1.82) is 0 Å². The summed E-state index contributed by atoms with van der Waals surface area (Å²) in [7, 11) is 6.77. The Morgan fingerprint density at radius 2 is 1.90 bits per heavy atom. The number of hydrogen-bond acceptors (Lipinski definition) is 8. The molecule has 0 aliphatic rings. The predicted octanol–water partition coefficient (Wildman–Crippen LogP) is 2.06. The highest BCUT2D eigenvalue weighted by atomic mass is 16.5. The van der Waals surface area contributed by atoms with E-state index >= 15 is 0 Å². The fourth-order valence-electron chi connectivity index (χ4n) is 2.84. The molecule has 0 fully saturated rings. The van der Waals surface area contributed by atoms with Crippen molar-refractivity contribution in [1.82, 2.24) is 24.5 Å². The monoisotopic (exact) mass is 398 g/mol. The first kappa shape index (κ1) is 20.5. The Morgan fingerprint density at radius 3 is 2.55 bits per heavy atom. The highest BCUT2D eigenvalue weighted by Crippen LogP contribution is 2.25. The maximum Gasteiger partial charge on any atom is 0.321 e. The molecule has 3 aromatic rings. The van der Waals surface area contributed by atoms with Crippen LogP contribution in [0, 0.1) is 6.92 Å². The SMILES string of the molecule is COCCN(C)c1nc(Cc2ccc(-n3cnc(C)c3)c(OC)c2)nc(OC)n1. The van der Waals surface area contributed by atoms with Gasteiger partial charge in [-0.25, -0.2) is 4.98 Å². The molecule has 0 N–H and O–H groups in total. The van der Waals surface area contributed by atoms with Crippen LogP contribution < -0.4 is 14.4 Å². The number of imidazole rings is 1. The number of methoxy groups -OCH3 is 3. The van der Waals surface area contributed by atoms with E-state index in [0.29, 0.717) is 31.3 Å². The third kappa shape index (κ3) is 5.00. The fraction of sp³-hybridized carbons (Fsp3) is 0.400. The van der Waals surface area contributed by atoms with Crippen LogP contribution in [0.2, 0.25) is 0 Å². The lowest BCUT2D eigenvalue weighted by atomic mass is 10.1. The maximum atomic E-state index is 5.59. The number of rotatable bonds is 9. The van der Waals surface area contributed by atoms with Gasteiger partial charge >= 0.3 is 6.01 Å². The molecule has 154 valence electrons. The molecular weight excluding hydrogens is 372 g/mol. The van der Waals surface area contributed by atoms with Crippen LogP contribution in [0.4, 0.5) is 5.95 Å². The van der Waals surface area contributed by atoms with Crippen molar-refractivity contribution >= 4 is 5.95 Å². The Balaban J connectivity index is 1.87. The Kier molecular flexibility index (Phi) is 6.61. The Labute approximate surface area is 170 Å². The van der Waals surface area contributed by atoms with Crippen molar-refractivity contribution in [3.8, 4) is 17.4 Å². The van der Waals surface area contributed by atoms with E-state index in [2.05, 4.69) is 19.9 Å². The maximum absolute atomic E-state index is 5.59. The number of ether oxygens (including phenoxy) is 3. The van der Waals surface area contributed by atoms with Crippen molar-refractivity contribution in [2.45, 2.75) is 13.3 Å². The van der Waals surface area contributed by atoms with E-state index in [4.69, 9.17) is 14.2 Å². The summed E-state index contributed by atoms with van der Waals surface area (Å²) in [5, 5.41) is 0. The van der Waals surface area contributed by atoms with Crippen LogP contribution in [-0.2, 0) is 11.2 Å². The van der Waals surface area contributed by atoms with Crippen LogP contribution in [0.3, 0.4) is 0 Å². The standard InChI is InChI=1S/C20H26N6O3/c1-14-12-26(13-21-14)16-7-6-15(10-17(16)28-4)11-18-22-19(24-20(23-18)29-5)25(2)8-9-27-3/h6-7,10,12-13H,8-9,11H2,1-5H3. The predicted molar refractivity (Wildman–Crippen MR) is 109 cm³/mol. The van der Waals surface area contributed by atoms with Crippen LogP contribution in [0.5, 0.6) is 11.8 Å². The van der Waals surface area contributed by atoms with Gasteiger partial charge in [-0.2, -0.15) is 15.0 Å². The first-order chi connectivity index (χ1) is 14.0. The molecule has 29 heavy (non-hydrogen) atoms. The van der Waals surface area contributed by atoms with E-state index in [-0.39, 0.29) is 6.01 Å². The van der Waals surface area contributed by atoms with Crippen LogP contribution in [0.1, 0.15) is 17.1 Å². The second-order valence-electron chi connectivity index (χ2n) is 6.56. The van der Waals surface area contributed by atoms with Gasteiger partial charge in [0.05, 0.1) is 38.5 Å². The third-order valence-corrected chi connectivity index (χ3v) is 4.40. The lowest BCUT2D eigenvalue weighted by molar-refractivity contribution is 0.206. The molecule has 1 aromatic carbocycles. The zero-order valence-electron chi connectivity index (χ0n) is 17.4. The van der Waals surface area contributed by atoms with Gasteiger partial charge in [0.15, 0.2) is 0 Å². The minimum Gasteiger partial charge on any atom is -0.495 e. The highest BCUT2D eigenvalue weighted by Gasteiger charge is 2.13. The van der Waals surface area contributed by atoms with Crippen LogP contribution in [0.25, 0.3) is 5.69 Å². The average Bonchev–Trinajstić information content (AvgIpc) is 3.17. The molecule has 0 atom stereocenters. The first-order valence-corrected chi connectivity index (χ1v) is 9.21. The number of likely N-dealkylation sites (N-methyl/N-ethyl adjacent to an activating group) is 1. The van der Waals surface area contributed by atoms with Crippen LogP contribution >= 0.6 is 0 Å². The molecule has 2 heterocycles. The quantitative estimate of drug-likeness (QED) is 0.541. The van der Waals surface area contributed by atoms with E-state index in [9.17, 15) is 0 Å². The smallest absolute Gasteiger partial charge is 0.321 e. The molecule has 9 heteroatoms. The number of anilines is 1. The van der Waals surface area contributed by atoms with Gasteiger partial charge in [-0.3, -0.25) is 0 Å². The summed E-state index contributed by atoms with van der Waals surface area (Å²) in [4.78, 5) is 19.5. The molecule has 0 bridgehead atoms. The zero-order chi connectivity index (χ0) is 20.8. The minimum absolute atomic E-state index is 0.284. The second kappa shape index (κ2) is 9.33. The average molecular weight is 398 g/mol. The fourth-order valence-corrected chi connectivity index (χ4v) is 2.84. The van der Waals surface area contributed by atoms with Gasteiger partial charge < -0.3 is 23.7 Å². The summed E-state index contributed by atoms with van der Waals surface area (Å²) in [6.45, 7) is 3.19. The molecule has 0 unspecified atom stereocenters. The molecule has 0 aliphatic carbocycles. The Morgan fingerprint density at radius 1 is 1.07 bits per heavy atom. The molecule has 0 amide bonds.